The number of hydrogen-bond acceptors (Lipinski definition) is 5. The van der Waals surface area contributed by atoms with E-state index < -0.39 is 0 Å². The maximum Gasteiger partial charge on any atom is 0.222 e. The Morgan fingerprint density at radius 3 is 3.12 bits per heavy atom. The molecule has 2 aromatic heterocycles. The predicted molar refractivity (Wildman–Crippen MR) is 97.5 cm³/mol. The van der Waals surface area contributed by atoms with Crippen LogP contribution in [0, 0.1) is 5.92 Å². The molecule has 1 atom stereocenters. The van der Waals surface area contributed by atoms with Crippen molar-refractivity contribution in [3.05, 3.63) is 16.8 Å². The van der Waals surface area contributed by atoms with Gasteiger partial charge in [0.15, 0.2) is 0 Å². The van der Waals surface area contributed by atoms with Crippen LogP contribution in [0.5, 0.6) is 0 Å². The topological polar surface area (TPSA) is 58.1 Å². The molecule has 0 unspecified atom stereocenters. The average Bonchev–Trinajstić information content (AvgIpc) is 3.14. The summed E-state index contributed by atoms with van der Waals surface area (Å²) in [6.45, 7) is 4.95. The van der Waals surface area contributed by atoms with E-state index >= 15 is 0 Å². The van der Waals surface area contributed by atoms with Gasteiger partial charge >= 0.3 is 0 Å². The van der Waals surface area contributed by atoms with Crippen LogP contribution in [0.3, 0.4) is 0 Å². The monoisotopic (exact) mass is 344 g/mol. The summed E-state index contributed by atoms with van der Waals surface area (Å²) in [4.78, 5) is 25.2. The second-order valence-electron chi connectivity index (χ2n) is 7.02. The van der Waals surface area contributed by atoms with Gasteiger partial charge in [0.2, 0.25) is 5.91 Å². The fourth-order valence-electron chi connectivity index (χ4n) is 3.83. The zero-order chi connectivity index (χ0) is 16.5. The fourth-order valence-corrected chi connectivity index (χ4v) is 5.18. The molecule has 2 aromatic rings. The Morgan fingerprint density at radius 2 is 2.29 bits per heavy atom. The highest BCUT2D eigenvalue weighted by molar-refractivity contribution is 7.19. The van der Waals surface area contributed by atoms with Gasteiger partial charge in [-0.15, -0.1) is 11.3 Å². The molecule has 6 heteroatoms. The Hall–Kier alpha value is -1.69. The quantitative estimate of drug-likeness (QED) is 0.846. The first-order chi connectivity index (χ1) is 11.7. The predicted octanol–water partition coefficient (Wildman–Crippen LogP) is 3.24. The molecular weight excluding hydrogens is 320 g/mol. The molecule has 128 valence electrons. The van der Waals surface area contributed by atoms with E-state index in [0.29, 0.717) is 5.91 Å². The number of amides is 1. The first kappa shape index (κ1) is 15.8. The number of aryl methyl sites for hydroxylation is 1. The lowest BCUT2D eigenvalue weighted by atomic mass is 9.89. The van der Waals surface area contributed by atoms with E-state index in [0.717, 1.165) is 61.9 Å². The minimum atomic E-state index is 0.306. The van der Waals surface area contributed by atoms with Gasteiger partial charge in [-0.1, -0.05) is 6.92 Å². The number of nitrogens with one attached hydrogen (secondary N) is 1. The Balaban J connectivity index is 1.45. The van der Waals surface area contributed by atoms with E-state index in [4.69, 9.17) is 0 Å². The summed E-state index contributed by atoms with van der Waals surface area (Å²) in [6.07, 6.45) is 7.93. The number of rotatable bonds is 5. The van der Waals surface area contributed by atoms with Gasteiger partial charge < -0.3 is 10.2 Å². The molecule has 1 amide bonds. The van der Waals surface area contributed by atoms with Crippen molar-refractivity contribution < 1.29 is 4.79 Å². The normalized spacial score (nSPS) is 20.6. The molecule has 4 rings (SSSR count). The molecule has 0 spiro atoms. The summed E-state index contributed by atoms with van der Waals surface area (Å²) in [6, 6.07) is 0. The molecule has 1 fully saturated rings. The lowest BCUT2D eigenvalue weighted by Crippen LogP contribution is -2.27. The number of aromatic nitrogens is 2. The zero-order valence-electron chi connectivity index (χ0n) is 14.2. The van der Waals surface area contributed by atoms with Crippen molar-refractivity contribution in [1.82, 2.24) is 14.9 Å². The van der Waals surface area contributed by atoms with Gasteiger partial charge in [0.05, 0.1) is 5.39 Å². The van der Waals surface area contributed by atoms with Crippen LogP contribution < -0.4 is 5.32 Å². The molecule has 0 bridgehead atoms. The minimum Gasteiger partial charge on any atom is -0.369 e. The van der Waals surface area contributed by atoms with Crippen molar-refractivity contribution in [3.63, 3.8) is 0 Å². The van der Waals surface area contributed by atoms with Crippen molar-refractivity contribution in [2.24, 2.45) is 5.92 Å². The number of carbonyl (C=O) groups excluding carboxylic acids is 1. The van der Waals surface area contributed by atoms with Crippen molar-refractivity contribution in [2.45, 2.75) is 45.4 Å². The first-order valence-corrected chi connectivity index (χ1v) is 9.81. The molecule has 1 aliphatic carbocycles. The summed E-state index contributed by atoms with van der Waals surface area (Å²) in [7, 11) is 0. The highest BCUT2D eigenvalue weighted by Gasteiger charge is 2.23. The number of anilines is 1. The van der Waals surface area contributed by atoms with Gasteiger partial charge in [-0.05, 0) is 43.6 Å². The van der Waals surface area contributed by atoms with Gasteiger partial charge in [-0.3, -0.25) is 4.79 Å². The molecule has 0 saturated carbocycles. The molecule has 0 aromatic carbocycles. The van der Waals surface area contributed by atoms with Gasteiger partial charge in [0.25, 0.3) is 0 Å². The van der Waals surface area contributed by atoms with Crippen LogP contribution in [0.2, 0.25) is 0 Å². The standard InChI is InChI=1S/C18H24N4OS/c1-12-5-6-13-14(10-12)24-18-16(13)17(20-11-21-18)19-7-3-9-22-8-2-4-15(22)23/h11-12H,2-10H2,1H3,(H,19,20,21)/t12-/m1/s1. The minimum absolute atomic E-state index is 0.306. The fraction of sp³-hybridized carbons (Fsp3) is 0.611. The van der Waals surface area contributed by atoms with Gasteiger partial charge in [-0.25, -0.2) is 9.97 Å². The maximum absolute atomic E-state index is 11.7. The molecule has 1 aliphatic heterocycles. The third kappa shape index (κ3) is 2.99. The van der Waals surface area contributed by atoms with E-state index in [9.17, 15) is 4.79 Å². The largest absolute Gasteiger partial charge is 0.369 e. The van der Waals surface area contributed by atoms with E-state index in [1.54, 1.807) is 6.33 Å². The van der Waals surface area contributed by atoms with Crippen molar-refractivity contribution in [2.75, 3.05) is 25.0 Å². The average molecular weight is 344 g/mol. The Labute approximate surface area is 146 Å². The zero-order valence-corrected chi connectivity index (χ0v) is 15.0. The number of carbonyl (C=O) groups is 1. The van der Waals surface area contributed by atoms with Crippen LogP contribution in [0.15, 0.2) is 6.33 Å². The van der Waals surface area contributed by atoms with Crippen LogP contribution in [-0.2, 0) is 17.6 Å². The van der Waals surface area contributed by atoms with Crippen molar-refractivity contribution in [3.8, 4) is 0 Å². The maximum atomic E-state index is 11.7. The molecule has 0 radical (unpaired) electrons. The van der Waals surface area contributed by atoms with E-state index in [2.05, 4.69) is 22.2 Å². The summed E-state index contributed by atoms with van der Waals surface area (Å²) >= 11 is 1.83. The SMILES string of the molecule is C[C@@H]1CCc2c(sc3ncnc(NCCCN4CCCC4=O)c23)C1. The molecule has 24 heavy (non-hydrogen) atoms. The number of hydrogen-bond donors (Lipinski definition) is 1. The third-order valence-corrected chi connectivity index (χ3v) is 6.32. The number of fused-ring (bicyclic) bond motifs is 3. The van der Waals surface area contributed by atoms with E-state index in [-0.39, 0.29) is 0 Å². The number of likely N-dealkylation sites (tertiary alicyclic amines) is 1. The molecule has 1 N–H and O–H groups in total. The summed E-state index contributed by atoms with van der Waals surface area (Å²) in [5.74, 6) is 2.05. The number of nitrogens with zero attached hydrogens (tertiary/aromatic N) is 3. The van der Waals surface area contributed by atoms with Gasteiger partial charge in [-0.2, -0.15) is 0 Å². The second-order valence-corrected chi connectivity index (χ2v) is 8.10. The highest BCUT2D eigenvalue weighted by atomic mass is 32.1. The highest BCUT2D eigenvalue weighted by Crippen LogP contribution is 2.39. The van der Waals surface area contributed by atoms with Crippen LogP contribution >= 0.6 is 11.3 Å². The molecule has 5 nitrogen and oxygen atoms in total. The smallest absolute Gasteiger partial charge is 0.222 e. The van der Waals surface area contributed by atoms with Crippen LogP contribution in [-0.4, -0.2) is 40.4 Å². The van der Waals surface area contributed by atoms with E-state index in [1.165, 1.54) is 28.7 Å². The summed E-state index contributed by atoms with van der Waals surface area (Å²) < 4.78 is 0. The first-order valence-electron chi connectivity index (χ1n) is 8.99. The van der Waals surface area contributed by atoms with E-state index in [1.807, 2.05) is 16.2 Å². The van der Waals surface area contributed by atoms with Crippen molar-refractivity contribution >= 4 is 33.3 Å². The van der Waals surface area contributed by atoms with Crippen LogP contribution in [0.25, 0.3) is 10.2 Å². The lowest BCUT2D eigenvalue weighted by molar-refractivity contribution is -0.127. The number of thiophene rings is 1. The summed E-state index contributed by atoms with van der Waals surface area (Å²) in [5, 5.41) is 4.73. The van der Waals surface area contributed by atoms with Crippen LogP contribution in [0.4, 0.5) is 5.82 Å². The van der Waals surface area contributed by atoms with Crippen molar-refractivity contribution in [1.29, 1.82) is 0 Å². The lowest BCUT2D eigenvalue weighted by Gasteiger charge is -2.18. The van der Waals surface area contributed by atoms with Gasteiger partial charge in [0, 0.05) is 30.9 Å². The Kier molecular flexibility index (Phi) is 4.39. The van der Waals surface area contributed by atoms with Gasteiger partial charge in [0.1, 0.15) is 17.0 Å². The Morgan fingerprint density at radius 1 is 1.38 bits per heavy atom. The molecule has 2 aliphatic rings. The molecule has 1 saturated heterocycles. The Bertz CT molecular complexity index is 757. The third-order valence-electron chi connectivity index (χ3n) is 5.16. The molecule has 3 heterocycles. The second kappa shape index (κ2) is 6.67. The van der Waals surface area contributed by atoms with Crippen LogP contribution in [0.1, 0.15) is 43.0 Å². The molecular formula is C18H24N4OS. The summed E-state index contributed by atoms with van der Waals surface area (Å²) in [5.41, 5.74) is 1.46.